The van der Waals surface area contributed by atoms with E-state index in [1.807, 2.05) is 6.07 Å². The number of hydrogen-bond donors (Lipinski definition) is 1. The fraction of sp³-hybridized carbons (Fsp3) is 0.115. The lowest BCUT2D eigenvalue weighted by molar-refractivity contribution is -0.116. The molecular weight excluding hydrogens is 475 g/mol. The highest BCUT2D eigenvalue weighted by Crippen LogP contribution is 2.43. The van der Waals surface area contributed by atoms with Crippen LogP contribution < -0.4 is 9.62 Å². The van der Waals surface area contributed by atoms with Crippen molar-refractivity contribution in [1.82, 2.24) is 5.32 Å². The van der Waals surface area contributed by atoms with E-state index < -0.39 is 15.9 Å². The van der Waals surface area contributed by atoms with Crippen molar-refractivity contribution in [2.45, 2.75) is 6.42 Å². The molecule has 1 N–H and O–H groups in total. The van der Waals surface area contributed by atoms with Gasteiger partial charge >= 0.3 is 0 Å². The Bertz CT molecular complexity index is 1370. The summed E-state index contributed by atoms with van der Waals surface area (Å²) in [5.74, 6) is -1.07. The van der Waals surface area contributed by atoms with E-state index in [0.29, 0.717) is 28.3 Å². The number of sulfonamides is 1. The molecule has 174 valence electrons. The van der Waals surface area contributed by atoms with Crippen LogP contribution in [0.5, 0.6) is 0 Å². The minimum Gasteiger partial charge on any atom is -0.351 e. The second kappa shape index (κ2) is 9.83. The fourth-order valence-electron chi connectivity index (χ4n) is 3.90. The summed E-state index contributed by atoms with van der Waals surface area (Å²) >= 11 is 6.28. The molecule has 1 heterocycles. The Hall–Kier alpha value is -3.42. The van der Waals surface area contributed by atoms with Crippen LogP contribution in [-0.2, 0) is 21.2 Å². The topological polar surface area (TPSA) is 66.5 Å². The summed E-state index contributed by atoms with van der Waals surface area (Å²) in [5, 5.41) is 3.14. The molecule has 0 fully saturated rings. The minimum absolute atomic E-state index is 0.00854. The van der Waals surface area contributed by atoms with Crippen LogP contribution in [0, 0.1) is 5.82 Å². The Morgan fingerprint density at radius 2 is 1.76 bits per heavy atom. The summed E-state index contributed by atoms with van der Waals surface area (Å²) in [4.78, 5) is 13.0. The Labute approximate surface area is 203 Å². The predicted octanol–water partition coefficient (Wildman–Crippen LogP) is 4.93. The highest BCUT2D eigenvalue weighted by molar-refractivity contribution is 7.97. The van der Waals surface area contributed by atoms with Crippen LogP contribution in [-0.4, -0.2) is 27.4 Å². The number of rotatable bonds is 7. The van der Waals surface area contributed by atoms with Gasteiger partial charge in [-0.3, -0.25) is 9.10 Å². The van der Waals surface area contributed by atoms with E-state index in [4.69, 9.17) is 11.6 Å². The van der Waals surface area contributed by atoms with Gasteiger partial charge in [-0.05, 0) is 47.9 Å². The summed E-state index contributed by atoms with van der Waals surface area (Å²) in [6.07, 6.45) is 1.88. The summed E-state index contributed by atoms with van der Waals surface area (Å²) in [7, 11) is -4.21. The van der Waals surface area contributed by atoms with Crippen molar-refractivity contribution in [3.63, 3.8) is 0 Å². The molecule has 1 amide bonds. The second-order valence-electron chi connectivity index (χ2n) is 7.69. The number of nitrogens with zero attached hydrogens (tertiary/aromatic N) is 1. The highest BCUT2D eigenvalue weighted by Gasteiger charge is 2.40. The number of nitrogens with one attached hydrogen (secondary N) is 1. The monoisotopic (exact) mass is 496 g/mol. The molecule has 0 aromatic heterocycles. The van der Waals surface area contributed by atoms with Crippen molar-refractivity contribution in [3.05, 3.63) is 118 Å². The molecule has 0 atom stereocenters. The van der Waals surface area contributed by atoms with Gasteiger partial charge in [-0.15, -0.1) is 6.58 Å². The predicted molar refractivity (Wildman–Crippen MR) is 133 cm³/mol. The standard InChI is InChI=1S/C26H22ClFN2O3S/c1-2-16-30-23-13-10-20(27)17-22(23)24(19-6-4-3-5-7-19)25(34(30,32)33)26(31)29-15-14-18-8-11-21(28)12-9-18/h2-13,17H,1,14-16H2,(H,29,31). The molecular formula is C26H22ClFN2O3S. The first-order valence-electron chi connectivity index (χ1n) is 10.6. The first-order chi connectivity index (χ1) is 16.3. The van der Waals surface area contributed by atoms with Crippen LogP contribution in [0.25, 0.3) is 5.57 Å². The molecule has 1 aliphatic heterocycles. The van der Waals surface area contributed by atoms with E-state index in [9.17, 15) is 17.6 Å². The van der Waals surface area contributed by atoms with Crippen molar-refractivity contribution in [2.24, 2.45) is 0 Å². The van der Waals surface area contributed by atoms with E-state index in [2.05, 4.69) is 11.9 Å². The van der Waals surface area contributed by atoms with E-state index >= 15 is 0 Å². The molecule has 5 nitrogen and oxygen atoms in total. The number of carbonyl (C=O) groups is 1. The third-order valence-corrected chi connectivity index (χ3v) is 7.51. The number of halogens is 2. The van der Waals surface area contributed by atoms with Gasteiger partial charge in [-0.25, -0.2) is 12.8 Å². The summed E-state index contributed by atoms with van der Waals surface area (Å²) in [6, 6.07) is 19.7. The summed E-state index contributed by atoms with van der Waals surface area (Å²) < 4.78 is 41.8. The van der Waals surface area contributed by atoms with Crippen molar-refractivity contribution >= 4 is 38.8 Å². The quantitative estimate of drug-likeness (QED) is 0.471. The molecule has 3 aromatic rings. The molecule has 8 heteroatoms. The molecule has 0 spiro atoms. The number of benzene rings is 3. The molecule has 0 unspecified atom stereocenters. The molecule has 0 aliphatic carbocycles. The Morgan fingerprint density at radius 1 is 1.06 bits per heavy atom. The van der Waals surface area contributed by atoms with Gasteiger partial charge in [0.15, 0.2) is 4.91 Å². The van der Waals surface area contributed by atoms with Crippen LogP contribution in [0.2, 0.25) is 5.02 Å². The molecule has 0 bridgehead atoms. The highest BCUT2D eigenvalue weighted by atomic mass is 35.5. The lowest BCUT2D eigenvalue weighted by Crippen LogP contribution is -2.42. The average Bonchev–Trinajstić information content (AvgIpc) is 2.82. The van der Waals surface area contributed by atoms with Crippen LogP contribution in [0.4, 0.5) is 10.1 Å². The van der Waals surface area contributed by atoms with Crippen molar-refractivity contribution in [2.75, 3.05) is 17.4 Å². The Kier molecular flexibility index (Phi) is 6.86. The first-order valence-corrected chi connectivity index (χ1v) is 12.4. The summed E-state index contributed by atoms with van der Waals surface area (Å²) in [5.41, 5.74) is 2.65. The van der Waals surface area contributed by atoms with Gasteiger partial charge in [-0.1, -0.05) is 60.1 Å². The third-order valence-electron chi connectivity index (χ3n) is 5.45. The van der Waals surface area contributed by atoms with Gasteiger partial charge in [0.25, 0.3) is 15.9 Å². The Morgan fingerprint density at radius 3 is 2.44 bits per heavy atom. The van der Waals surface area contributed by atoms with Crippen molar-refractivity contribution in [3.8, 4) is 0 Å². The second-order valence-corrected chi connectivity index (χ2v) is 9.92. The maximum Gasteiger partial charge on any atom is 0.270 e. The van der Waals surface area contributed by atoms with E-state index in [1.54, 1.807) is 54.6 Å². The molecule has 1 aliphatic rings. The van der Waals surface area contributed by atoms with E-state index in [0.717, 1.165) is 9.87 Å². The SMILES string of the molecule is C=CCN1c2ccc(Cl)cc2C(c2ccccc2)=C(C(=O)NCCc2ccc(F)cc2)S1(=O)=O. The first kappa shape index (κ1) is 23.7. The van der Waals surface area contributed by atoms with Crippen LogP contribution in [0.3, 0.4) is 0 Å². The van der Waals surface area contributed by atoms with Gasteiger partial charge in [0.1, 0.15) is 5.82 Å². The zero-order chi connectivity index (χ0) is 24.3. The lowest BCUT2D eigenvalue weighted by atomic mass is 9.95. The number of carbonyl (C=O) groups excluding carboxylic acids is 1. The average molecular weight is 497 g/mol. The number of amides is 1. The van der Waals surface area contributed by atoms with Gasteiger partial charge in [0.05, 0.1) is 12.2 Å². The smallest absolute Gasteiger partial charge is 0.270 e. The maximum atomic E-state index is 13.7. The molecule has 3 aromatic carbocycles. The van der Waals surface area contributed by atoms with Gasteiger partial charge in [0, 0.05) is 22.7 Å². The zero-order valence-corrected chi connectivity index (χ0v) is 19.7. The van der Waals surface area contributed by atoms with Crippen molar-refractivity contribution < 1.29 is 17.6 Å². The van der Waals surface area contributed by atoms with Crippen LogP contribution >= 0.6 is 11.6 Å². The Balaban J connectivity index is 1.81. The number of fused-ring (bicyclic) bond motifs is 1. The molecule has 0 saturated carbocycles. The minimum atomic E-state index is -4.21. The molecule has 34 heavy (non-hydrogen) atoms. The van der Waals surface area contributed by atoms with E-state index in [-0.39, 0.29) is 29.4 Å². The third kappa shape index (κ3) is 4.62. The van der Waals surface area contributed by atoms with Crippen LogP contribution in [0.15, 0.2) is 90.4 Å². The zero-order valence-electron chi connectivity index (χ0n) is 18.2. The lowest BCUT2D eigenvalue weighted by Gasteiger charge is -2.33. The summed E-state index contributed by atoms with van der Waals surface area (Å²) in [6.45, 7) is 3.84. The van der Waals surface area contributed by atoms with Gasteiger partial charge in [0.2, 0.25) is 0 Å². The largest absolute Gasteiger partial charge is 0.351 e. The van der Waals surface area contributed by atoms with Crippen LogP contribution in [0.1, 0.15) is 16.7 Å². The molecule has 0 saturated heterocycles. The van der Waals surface area contributed by atoms with Gasteiger partial charge in [-0.2, -0.15) is 0 Å². The maximum absolute atomic E-state index is 13.7. The van der Waals surface area contributed by atoms with Crippen molar-refractivity contribution in [1.29, 1.82) is 0 Å². The fourth-order valence-corrected chi connectivity index (χ4v) is 5.81. The molecule has 4 rings (SSSR count). The van der Waals surface area contributed by atoms with E-state index in [1.165, 1.54) is 18.2 Å². The number of anilines is 1. The normalized spacial score (nSPS) is 14.5. The number of hydrogen-bond acceptors (Lipinski definition) is 3. The molecule has 0 radical (unpaired) electrons. The van der Waals surface area contributed by atoms with Gasteiger partial charge < -0.3 is 5.32 Å².